The first-order valence-corrected chi connectivity index (χ1v) is 10.9. The van der Waals surface area contributed by atoms with Crippen LogP contribution in [0, 0.1) is 6.92 Å². The van der Waals surface area contributed by atoms with Crippen molar-refractivity contribution in [3.8, 4) is 11.3 Å². The molecule has 2 N–H and O–H groups in total. The van der Waals surface area contributed by atoms with Gasteiger partial charge in [-0.1, -0.05) is 25.1 Å². The maximum atomic E-state index is 13.5. The fraction of sp³-hybridized carbons (Fsp3) is 0.240. The van der Waals surface area contributed by atoms with Gasteiger partial charge in [0, 0.05) is 48.4 Å². The molecule has 0 fully saturated rings. The molecule has 0 aliphatic rings. The largest absolute Gasteiger partial charge is 0.433 e. The Labute approximate surface area is 199 Å². The number of benzene rings is 1. The zero-order valence-corrected chi connectivity index (χ0v) is 19.3. The van der Waals surface area contributed by atoms with Gasteiger partial charge in [0.15, 0.2) is 0 Å². The highest BCUT2D eigenvalue weighted by Gasteiger charge is 2.34. The molecule has 1 amide bonds. The van der Waals surface area contributed by atoms with E-state index in [1.165, 1.54) is 13.4 Å². The van der Waals surface area contributed by atoms with Crippen molar-refractivity contribution in [3.05, 3.63) is 77.5 Å². The summed E-state index contributed by atoms with van der Waals surface area (Å²) in [4.78, 5) is 29.0. The lowest BCUT2D eigenvalue weighted by molar-refractivity contribution is -0.141. The maximum Gasteiger partial charge on any atom is 0.433 e. The molecule has 0 radical (unpaired) electrons. The molecule has 3 heterocycles. The normalized spacial score (nSPS) is 12.4. The van der Waals surface area contributed by atoms with Crippen LogP contribution in [0.2, 0.25) is 0 Å². The van der Waals surface area contributed by atoms with Crippen LogP contribution in [0.4, 0.5) is 19.0 Å². The predicted octanol–water partition coefficient (Wildman–Crippen LogP) is 4.99. The van der Waals surface area contributed by atoms with Gasteiger partial charge in [-0.2, -0.15) is 13.2 Å². The van der Waals surface area contributed by atoms with Gasteiger partial charge in [-0.15, -0.1) is 0 Å². The smallest absolute Gasteiger partial charge is 0.369 e. The Morgan fingerprint density at radius 1 is 1.09 bits per heavy atom. The van der Waals surface area contributed by atoms with Gasteiger partial charge >= 0.3 is 6.18 Å². The van der Waals surface area contributed by atoms with Gasteiger partial charge in [-0.25, -0.2) is 15.0 Å². The van der Waals surface area contributed by atoms with Gasteiger partial charge in [0.1, 0.15) is 17.8 Å². The molecule has 1 aromatic carbocycles. The molecule has 7 nitrogen and oxygen atoms in total. The molecule has 0 aliphatic heterocycles. The van der Waals surface area contributed by atoms with Crippen LogP contribution >= 0.6 is 0 Å². The first-order chi connectivity index (χ1) is 16.7. The third-order valence-electron chi connectivity index (χ3n) is 5.63. The lowest BCUT2D eigenvalue weighted by Crippen LogP contribution is -2.20. The summed E-state index contributed by atoms with van der Waals surface area (Å²) >= 11 is 0. The average molecular weight is 480 g/mol. The minimum absolute atomic E-state index is 0.0704. The lowest BCUT2D eigenvalue weighted by Gasteiger charge is -2.18. The van der Waals surface area contributed by atoms with Crippen molar-refractivity contribution in [3.63, 3.8) is 0 Å². The molecule has 0 aliphatic carbocycles. The van der Waals surface area contributed by atoms with Gasteiger partial charge in [0.25, 0.3) is 5.91 Å². The third kappa shape index (κ3) is 5.21. The van der Waals surface area contributed by atoms with E-state index >= 15 is 0 Å². The van der Waals surface area contributed by atoms with Gasteiger partial charge in [0.2, 0.25) is 0 Å². The summed E-state index contributed by atoms with van der Waals surface area (Å²) in [5, 5.41) is 5.99. The van der Waals surface area contributed by atoms with E-state index < -0.39 is 17.8 Å². The Balaban J connectivity index is 1.64. The Morgan fingerprint density at radius 2 is 1.89 bits per heavy atom. The molecule has 0 spiro atoms. The molecule has 1 atom stereocenters. The molecule has 180 valence electrons. The SMILES string of the molecule is CNC(=O)c1cc(C(F)(F)F)nc2c([C@H](C)CNc3cc(-c4ccc(C)nc4)ncn3)cccc12. The van der Waals surface area contributed by atoms with Gasteiger partial charge in [0.05, 0.1) is 16.8 Å². The monoisotopic (exact) mass is 480 g/mol. The van der Waals surface area contributed by atoms with E-state index in [1.807, 2.05) is 26.0 Å². The number of halogens is 3. The molecular formula is C25H23F3N6O. The summed E-state index contributed by atoms with van der Waals surface area (Å²) in [5.74, 6) is -0.283. The third-order valence-corrected chi connectivity index (χ3v) is 5.63. The zero-order chi connectivity index (χ0) is 25.2. The van der Waals surface area contributed by atoms with E-state index in [4.69, 9.17) is 0 Å². The Kier molecular flexibility index (Phi) is 6.63. The second kappa shape index (κ2) is 9.65. The van der Waals surface area contributed by atoms with Crippen molar-refractivity contribution >= 4 is 22.6 Å². The fourth-order valence-corrected chi connectivity index (χ4v) is 3.73. The summed E-state index contributed by atoms with van der Waals surface area (Å²) in [6, 6.07) is 11.4. The summed E-state index contributed by atoms with van der Waals surface area (Å²) < 4.78 is 40.6. The number of alkyl halides is 3. The number of hydrogen-bond acceptors (Lipinski definition) is 6. The molecule has 0 saturated heterocycles. The number of pyridine rings is 2. The van der Waals surface area contributed by atoms with Crippen LogP contribution in [0.25, 0.3) is 22.2 Å². The lowest BCUT2D eigenvalue weighted by atomic mass is 9.95. The summed E-state index contributed by atoms with van der Waals surface area (Å²) in [6.07, 6.45) is -1.52. The molecule has 0 bridgehead atoms. The quantitative estimate of drug-likeness (QED) is 0.404. The minimum Gasteiger partial charge on any atom is -0.369 e. The van der Waals surface area contributed by atoms with Crippen LogP contribution < -0.4 is 10.6 Å². The standard InChI is InChI=1S/C25H23F3N6O/c1-14(11-31-22-10-20(32-13-33-22)16-8-7-15(2)30-12-16)17-5-4-6-18-19(24(35)29-3)9-21(25(26,27)28)34-23(17)18/h4-10,12-14H,11H2,1-3H3,(H,29,35)(H,31,32,33)/t14-/m1/s1. The van der Waals surface area contributed by atoms with Crippen molar-refractivity contribution in [1.82, 2.24) is 25.3 Å². The number of hydrogen-bond donors (Lipinski definition) is 2. The van der Waals surface area contributed by atoms with Crippen LogP contribution in [0.1, 0.15) is 40.2 Å². The van der Waals surface area contributed by atoms with E-state index in [2.05, 4.69) is 30.6 Å². The van der Waals surface area contributed by atoms with Crippen LogP contribution in [-0.4, -0.2) is 39.4 Å². The van der Waals surface area contributed by atoms with E-state index in [-0.39, 0.29) is 17.0 Å². The van der Waals surface area contributed by atoms with Crippen molar-refractivity contribution in [2.24, 2.45) is 0 Å². The summed E-state index contributed by atoms with van der Waals surface area (Å²) in [7, 11) is 1.38. The summed E-state index contributed by atoms with van der Waals surface area (Å²) in [6.45, 7) is 4.14. The number of amides is 1. The number of anilines is 1. The number of nitrogens with one attached hydrogen (secondary N) is 2. The molecule has 4 aromatic rings. The maximum absolute atomic E-state index is 13.5. The van der Waals surface area contributed by atoms with E-state index in [1.54, 1.807) is 30.5 Å². The molecule has 3 aromatic heterocycles. The number of carbonyl (C=O) groups is 1. The van der Waals surface area contributed by atoms with E-state index in [0.29, 0.717) is 29.0 Å². The Morgan fingerprint density at radius 3 is 2.57 bits per heavy atom. The number of rotatable bonds is 6. The highest BCUT2D eigenvalue weighted by molar-refractivity contribution is 6.06. The zero-order valence-electron chi connectivity index (χ0n) is 19.3. The number of aromatic nitrogens is 4. The second-order valence-corrected chi connectivity index (χ2v) is 8.13. The molecule has 35 heavy (non-hydrogen) atoms. The second-order valence-electron chi connectivity index (χ2n) is 8.13. The van der Waals surface area contributed by atoms with Crippen molar-refractivity contribution < 1.29 is 18.0 Å². The van der Waals surface area contributed by atoms with Gasteiger partial charge < -0.3 is 10.6 Å². The van der Waals surface area contributed by atoms with E-state index in [0.717, 1.165) is 17.3 Å². The highest BCUT2D eigenvalue weighted by Crippen LogP contribution is 2.34. The molecule has 0 unspecified atom stereocenters. The molecule has 10 heteroatoms. The topological polar surface area (TPSA) is 92.7 Å². The predicted molar refractivity (Wildman–Crippen MR) is 127 cm³/mol. The molecular weight excluding hydrogens is 457 g/mol. The number of fused-ring (bicyclic) bond motifs is 1. The van der Waals surface area contributed by atoms with Crippen LogP contribution in [0.3, 0.4) is 0 Å². The number of nitrogens with zero attached hydrogens (tertiary/aromatic N) is 4. The summed E-state index contributed by atoms with van der Waals surface area (Å²) in [5.41, 5.74) is 1.98. The fourth-order valence-electron chi connectivity index (χ4n) is 3.73. The van der Waals surface area contributed by atoms with Crippen molar-refractivity contribution in [1.29, 1.82) is 0 Å². The number of para-hydroxylation sites is 1. The highest BCUT2D eigenvalue weighted by atomic mass is 19.4. The first kappa shape index (κ1) is 24.1. The Bertz CT molecular complexity index is 1370. The van der Waals surface area contributed by atoms with Crippen molar-refractivity contribution in [2.45, 2.75) is 25.9 Å². The first-order valence-electron chi connectivity index (χ1n) is 10.9. The molecule has 0 saturated carbocycles. The minimum atomic E-state index is -4.69. The Hall–Kier alpha value is -4.08. The van der Waals surface area contributed by atoms with E-state index in [9.17, 15) is 18.0 Å². The van der Waals surface area contributed by atoms with Crippen LogP contribution in [0.5, 0.6) is 0 Å². The molecule has 4 rings (SSSR count). The number of aryl methyl sites for hydroxylation is 1. The average Bonchev–Trinajstić information content (AvgIpc) is 2.85. The number of carbonyl (C=O) groups excluding carboxylic acids is 1. The van der Waals surface area contributed by atoms with Gasteiger partial charge in [-0.3, -0.25) is 9.78 Å². The van der Waals surface area contributed by atoms with Crippen LogP contribution in [0.15, 0.2) is 55.0 Å². The van der Waals surface area contributed by atoms with Crippen LogP contribution in [-0.2, 0) is 6.18 Å². The van der Waals surface area contributed by atoms with Gasteiger partial charge in [-0.05, 0) is 30.7 Å². The van der Waals surface area contributed by atoms with Crippen molar-refractivity contribution in [2.75, 3.05) is 18.9 Å².